The van der Waals surface area contributed by atoms with Gasteiger partial charge >= 0.3 is 0 Å². The first-order chi connectivity index (χ1) is 7.20. The smallest absolute Gasteiger partial charge is 0.120 e. The van der Waals surface area contributed by atoms with Gasteiger partial charge in [0.25, 0.3) is 0 Å². The van der Waals surface area contributed by atoms with Crippen molar-refractivity contribution in [1.29, 1.82) is 0 Å². The third-order valence-corrected chi connectivity index (χ3v) is 3.56. The second kappa shape index (κ2) is 4.37. The maximum Gasteiger partial charge on any atom is 0.120 e. The molecule has 4 heteroatoms. The van der Waals surface area contributed by atoms with Crippen LogP contribution < -0.4 is 4.74 Å². The number of alkyl halides is 1. The summed E-state index contributed by atoms with van der Waals surface area (Å²) >= 11 is 7.61. The molecule has 0 bridgehead atoms. The van der Waals surface area contributed by atoms with E-state index in [-0.39, 0.29) is 5.38 Å². The van der Waals surface area contributed by atoms with Crippen LogP contribution in [0.25, 0.3) is 10.2 Å². The van der Waals surface area contributed by atoms with Crippen molar-refractivity contribution in [3.63, 3.8) is 0 Å². The van der Waals surface area contributed by atoms with Gasteiger partial charge in [-0.25, -0.2) is 4.98 Å². The molecule has 2 nitrogen and oxygen atoms in total. The van der Waals surface area contributed by atoms with Crippen molar-refractivity contribution in [2.75, 3.05) is 6.61 Å². The number of hydrogen-bond acceptors (Lipinski definition) is 3. The lowest BCUT2D eigenvalue weighted by Crippen LogP contribution is -1.89. The first-order valence-corrected chi connectivity index (χ1v) is 6.13. The lowest BCUT2D eigenvalue weighted by Gasteiger charge is -2.00. The third-order valence-electron chi connectivity index (χ3n) is 2.03. The molecule has 0 saturated heterocycles. The zero-order valence-corrected chi connectivity index (χ0v) is 10.2. The Morgan fingerprint density at radius 2 is 2.33 bits per heavy atom. The molecule has 0 amide bonds. The first kappa shape index (κ1) is 10.7. The summed E-state index contributed by atoms with van der Waals surface area (Å²) < 4.78 is 6.56. The Kier molecular flexibility index (Phi) is 3.12. The highest BCUT2D eigenvalue weighted by molar-refractivity contribution is 7.18. The fourth-order valence-electron chi connectivity index (χ4n) is 1.35. The van der Waals surface area contributed by atoms with E-state index >= 15 is 0 Å². The molecule has 2 rings (SSSR count). The number of nitrogens with zero attached hydrogens (tertiary/aromatic N) is 1. The van der Waals surface area contributed by atoms with Crippen molar-refractivity contribution in [3.05, 3.63) is 23.2 Å². The van der Waals surface area contributed by atoms with E-state index in [9.17, 15) is 0 Å². The number of ether oxygens (including phenoxy) is 1. The van der Waals surface area contributed by atoms with E-state index in [1.54, 1.807) is 11.3 Å². The van der Waals surface area contributed by atoms with Crippen molar-refractivity contribution in [1.82, 2.24) is 4.98 Å². The van der Waals surface area contributed by atoms with Crippen LogP contribution >= 0.6 is 22.9 Å². The number of aromatic nitrogens is 1. The summed E-state index contributed by atoms with van der Waals surface area (Å²) in [5.41, 5.74) is 0.992. The molecule has 80 valence electrons. The predicted molar refractivity (Wildman–Crippen MR) is 65.1 cm³/mol. The Morgan fingerprint density at radius 3 is 3.00 bits per heavy atom. The number of halogens is 1. The number of rotatable bonds is 3. The molecule has 1 aromatic carbocycles. The van der Waals surface area contributed by atoms with E-state index in [2.05, 4.69) is 4.98 Å². The van der Waals surface area contributed by atoms with Crippen LogP contribution in [0.1, 0.15) is 24.2 Å². The van der Waals surface area contributed by atoms with E-state index in [0.29, 0.717) is 6.61 Å². The number of hydrogen-bond donors (Lipinski definition) is 0. The highest BCUT2D eigenvalue weighted by Gasteiger charge is 2.09. The van der Waals surface area contributed by atoms with Crippen LogP contribution in [0.15, 0.2) is 18.2 Å². The van der Waals surface area contributed by atoms with E-state index in [1.165, 1.54) is 0 Å². The van der Waals surface area contributed by atoms with Crippen molar-refractivity contribution in [2.24, 2.45) is 0 Å². The van der Waals surface area contributed by atoms with E-state index in [4.69, 9.17) is 16.3 Å². The summed E-state index contributed by atoms with van der Waals surface area (Å²) in [5, 5.41) is 0.929. The van der Waals surface area contributed by atoms with Crippen molar-refractivity contribution >= 4 is 33.2 Å². The lowest BCUT2D eigenvalue weighted by atomic mass is 10.3. The van der Waals surface area contributed by atoms with Gasteiger partial charge in [0.05, 0.1) is 22.2 Å². The maximum atomic E-state index is 5.99. The Hall–Kier alpha value is -0.800. The monoisotopic (exact) mass is 241 g/mol. The van der Waals surface area contributed by atoms with Crippen molar-refractivity contribution < 1.29 is 4.74 Å². The third kappa shape index (κ3) is 2.24. The van der Waals surface area contributed by atoms with Gasteiger partial charge in [-0.3, -0.25) is 0 Å². The molecule has 1 heterocycles. The molecule has 0 N–H and O–H groups in total. The predicted octanol–water partition coefficient (Wildman–Crippen LogP) is 3.99. The topological polar surface area (TPSA) is 22.1 Å². The van der Waals surface area contributed by atoms with Crippen LogP contribution in [0.4, 0.5) is 0 Å². The van der Waals surface area contributed by atoms with Crippen molar-refractivity contribution in [3.8, 4) is 5.75 Å². The minimum absolute atomic E-state index is 0.0297. The Morgan fingerprint density at radius 1 is 1.53 bits per heavy atom. The van der Waals surface area contributed by atoms with Gasteiger partial charge in [-0.05, 0) is 32.0 Å². The average molecular weight is 242 g/mol. The molecule has 0 aliphatic heterocycles. The molecule has 1 aromatic heterocycles. The van der Waals surface area contributed by atoms with E-state index in [0.717, 1.165) is 21.0 Å². The fourth-order valence-corrected chi connectivity index (χ4v) is 2.46. The van der Waals surface area contributed by atoms with Gasteiger partial charge in [0, 0.05) is 0 Å². The fraction of sp³-hybridized carbons (Fsp3) is 0.364. The highest BCUT2D eigenvalue weighted by atomic mass is 35.5. The van der Waals surface area contributed by atoms with Crippen molar-refractivity contribution in [2.45, 2.75) is 19.2 Å². The molecule has 0 spiro atoms. The second-order valence-electron chi connectivity index (χ2n) is 3.23. The summed E-state index contributed by atoms with van der Waals surface area (Å²) in [4.78, 5) is 4.44. The Bertz CT molecular complexity index is 467. The van der Waals surface area contributed by atoms with Gasteiger partial charge in [0.2, 0.25) is 0 Å². The first-order valence-electron chi connectivity index (χ1n) is 4.88. The Labute approximate surface area is 97.8 Å². The molecular weight excluding hydrogens is 230 g/mol. The molecule has 1 atom stereocenters. The van der Waals surface area contributed by atoms with Crippen LogP contribution in [-0.4, -0.2) is 11.6 Å². The lowest BCUT2D eigenvalue weighted by molar-refractivity contribution is 0.341. The van der Waals surface area contributed by atoms with Crippen LogP contribution in [0.2, 0.25) is 0 Å². The molecule has 15 heavy (non-hydrogen) atoms. The second-order valence-corrected chi connectivity index (χ2v) is 4.95. The van der Waals surface area contributed by atoms with Gasteiger partial charge in [0.1, 0.15) is 10.8 Å². The molecular formula is C11H12ClNOS. The summed E-state index contributed by atoms with van der Waals surface area (Å²) in [6.45, 7) is 4.59. The summed E-state index contributed by atoms with van der Waals surface area (Å²) in [5.74, 6) is 0.891. The standard InChI is InChI=1S/C11H12ClNOS/c1-3-14-8-4-5-9-10(6-8)15-11(13-9)7(2)12/h4-7H,3H2,1-2H3. The van der Waals surface area contributed by atoms with Crippen LogP contribution in [-0.2, 0) is 0 Å². The molecule has 0 aliphatic rings. The SMILES string of the molecule is CCOc1ccc2nc(C(C)Cl)sc2c1. The normalized spacial score (nSPS) is 13.0. The van der Waals surface area contributed by atoms with Gasteiger partial charge in [0.15, 0.2) is 0 Å². The van der Waals surface area contributed by atoms with E-state index in [1.807, 2.05) is 32.0 Å². The zero-order valence-electron chi connectivity index (χ0n) is 8.66. The summed E-state index contributed by atoms with van der Waals surface area (Å²) in [7, 11) is 0. The highest BCUT2D eigenvalue weighted by Crippen LogP contribution is 2.31. The molecule has 0 fully saturated rings. The largest absolute Gasteiger partial charge is 0.494 e. The van der Waals surface area contributed by atoms with Gasteiger partial charge in [-0.2, -0.15) is 0 Å². The van der Waals surface area contributed by atoms with Gasteiger partial charge in [-0.15, -0.1) is 22.9 Å². The van der Waals surface area contributed by atoms with Gasteiger partial charge in [-0.1, -0.05) is 0 Å². The average Bonchev–Trinajstić information content (AvgIpc) is 2.61. The number of fused-ring (bicyclic) bond motifs is 1. The van der Waals surface area contributed by atoms with E-state index < -0.39 is 0 Å². The van der Waals surface area contributed by atoms with Crippen LogP contribution in [0.5, 0.6) is 5.75 Å². The molecule has 0 aliphatic carbocycles. The quantitative estimate of drug-likeness (QED) is 0.758. The molecule has 1 unspecified atom stereocenters. The zero-order chi connectivity index (χ0) is 10.8. The number of thiazole rings is 1. The summed E-state index contributed by atoms with van der Waals surface area (Å²) in [6.07, 6.45) is 0. The number of benzene rings is 1. The summed E-state index contributed by atoms with van der Waals surface area (Å²) in [6, 6.07) is 5.92. The van der Waals surface area contributed by atoms with Gasteiger partial charge < -0.3 is 4.74 Å². The Balaban J connectivity index is 2.43. The van der Waals surface area contributed by atoms with Crippen LogP contribution in [0, 0.1) is 0 Å². The minimum Gasteiger partial charge on any atom is -0.494 e. The molecule has 0 radical (unpaired) electrons. The van der Waals surface area contributed by atoms with Crippen LogP contribution in [0.3, 0.4) is 0 Å². The molecule has 2 aromatic rings. The minimum atomic E-state index is -0.0297. The maximum absolute atomic E-state index is 5.99. The molecule has 0 saturated carbocycles.